The Morgan fingerprint density at radius 1 is 0.897 bits per heavy atom. The van der Waals surface area contributed by atoms with Crippen LogP contribution in [0.25, 0.3) is 16.8 Å². The maximum absolute atomic E-state index is 13.4. The number of ether oxygens (including phenoxy) is 2. The summed E-state index contributed by atoms with van der Waals surface area (Å²) in [4.78, 5) is 39.6. The number of nitrogens with zero attached hydrogens (tertiary/aromatic N) is 1. The minimum absolute atomic E-state index is 0.176. The molecule has 1 N–H and O–H groups in total. The number of fused-ring (bicyclic) bond motifs is 1. The van der Waals surface area contributed by atoms with E-state index in [0.29, 0.717) is 40.4 Å². The molecule has 39 heavy (non-hydrogen) atoms. The highest BCUT2D eigenvalue weighted by atomic mass is 79.9. The molecular weight excluding hydrogens is 560 g/mol. The molecule has 5 rings (SSSR count). The van der Waals surface area contributed by atoms with Gasteiger partial charge < -0.3 is 9.47 Å². The molecule has 0 atom stereocenters. The van der Waals surface area contributed by atoms with E-state index in [1.165, 1.54) is 6.08 Å². The summed E-state index contributed by atoms with van der Waals surface area (Å²) in [5, 5.41) is 4.50. The van der Waals surface area contributed by atoms with Crippen molar-refractivity contribution in [3.8, 4) is 11.5 Å². The molecule has 1 aliphatic rings. The largest absolute Gasteiger partial charge is 0.490 e. The van der Waals surface area contributed by atoms with Gasteiger partial charge in [-0.3, -0.25) is 14.9 Å². The van der Waals surface area contributed by atoms with Crippen molar-refractivity contribution in [2.75, 3.05) is 11.5 Å². The lowest BCUT2D eigenvalue weighted by Crippen LogP contribution is -2.54. The number of halogens is 1. The average Bonchev–Trinajstić information content (AvgIpc) is 2.92. The number of nitrogens with one attached hydrogen (secondary N) is 1. The summed E-state index contributed by atoms with van der Waals surface area (Å²) in [7, 11) is 0. The van der Waals surface area contributed by atoms with Crippen LogP contribution in [0, 0.1) is 6.92 Å². The molecule has 1 fully saturated rings. The SMILES string of the molecule is CCOc1cc(/C=C2\C(=O)NC(=O)N(c3ccccc3C)C2=O)c(Br)cc1OCc1cccc2ccccc12. The van der Waals surface area contributed by atoms with Crippen molar-refractivity contribution in [3.05, 3.63) is 106 Å². The van der Waals surface area contributed by atoms with Crippen LogP contribution in [0.4, 0.5) is 10.5 Å². The fraction of sp³-hybridized carbons (Fsp3) is 0.129. The van der Waals surface area contributed by atoms with Crippen molar-refractivity contribution >= 4 is 56.3 Å². The number of anilines is 1. The zero-order chi connectivity index (χ0) is 27.5. The minimum Gasteiger partial charge on any atom is -0.490 e. The Balaban J connectivity index is 1.47. The molecule has 0 spiro atoms. The second kappa shape index (κ2) is 11.1. The number of amides is 4. The molecule has 0 saturated carbocycles. The molecule has 0 radical (unpaired) electrons. The van der Waals surface area contributed by atoms with Crippen LogP contribution in [0.3, 0.4) is 0 Å². The van der Waals surface area contributed by atoms with Crippen molar-refractivity contribution in [2.45, 2.75) is 20.5 Å². The molecule has 1 aliphatic heterocycles. The van der Waals surface area contributed by atoms with E-state index in [9.17, 15) is 14.4 Å². The van der Waals surface area contributed by atoms with Crippen LogP contribution in [-0.2, 0) is 16.2 Å². The normalized spacial score (nSPS) is 14.6. The van der Waals surface area contributed by atoms with E-state index in [-0.39, 0.29) is 5.57 Å². The zero-order valence-corrected chi connectivity index (χ0v) is 22.9. The Morgan fingerprint density at radius 2 is 1.62 bits per heavy atom. The summed E-state index contributed by atoms with van der Waals surface area (Å²) in [6.07, 6.45) is 1.44. The summed E-state index contributed by atoms with van der Waals surface area (Å²) in [5.41, 5.74) is 2.51. The lowest BCUT2D eigenvalue weighted by molar-refractivity contribution is -0.122. The third-order valence-corrected chi connectivity index (χ3v) is 7.07. The van der Waals surface area contributed by atoms with Gasteiger partial charge in [-0.05, 0) is 65.6 Å². The maximum Gasteiger partial charge on any atom is 0.335 e. The van der Waals surface area contributed by atoms with E-state index in [2.05, 4.69) is 39.4 Å². The van der Waals surface area contributed by atoms with E-state index in [1.54, 1.807) is 37.3 Å². The van der Waals surface area contributed by atoms with Crippen LogP contribution in [0.1, 0.15) is 23.6 Å². The van der Waals surface area contributed by atoms with E-state index in [1.807, 2.05) is 37.3 Å². The first-order chi connectivity index (χ1) is 18.9. The number of barbiturate groups is 1. The number of imide groups is 2. The third kappa shape index (κ3) is 5.28. The summed E-state index contributed by atoms with van der Waals surface area (Å²) in [6.45, 7) is 4.36. The molecule has 1 heterocycles. The van der Waals surface area contributed by atoms with E-state index >= 15 is 0 Å². The number of aryl methyl sites for hydroxylation is 1. The number of urea groups is 1. The first kappa shape index (κ1) is 26.2. The third-order valence-electron chi connectivity index (χ3n) is 6.38. The number of hydrogen-bond donors (Lipinski definition) is 1. The summed E-state index contributed by atoms with van der Waals surface area (Å²) in [5.74, 6) is -0.506. The minimum atomic E-state index is -0.789. The van der Waals surface area contributed by atoms with Gasteiger partial charge in [0.1, 0.15) is 12.2 Å². The van der Waals surface area contributed by atoms with Gasteiger partial charge in [0.25, 0.3) is 11.8 Å². The second-order valence-corrected chi connectivity index (χ2v) is 9.78. The van der Waals surface area contributed by atoms with Gasteiger partial charge in [0.2, 0.25) is 0 Å². The summed E-state index contributed by atoms with van der Waals surface area (Å²) >= 11 is 3.54. The monoisotopic (exact) mass is 584 g/mol. The molecule has 0 bridgehead atoms. The molecule has 4 aromatic carbocycles. The van der Waals surface area contributed by atoms with Crippen LogP contribution < -0.4 is 19.7 Å². The molecule has 0 aliphatic carbocycles. The van der Waals surface area contributed by atoms with Crippen molar-refractivity contribution in [1.82, 2.24) is 5.32 Å². The van der Waals surface area contributed by atoms with Crippen LogP contribution in [0.2, 0.25) is 0 Å². The fourth-order valence-electron chi connectivity index (χ4n) is 4.46. The van der Waals surface area contributed by atoms with Crippen molar-refractivity contribution in [1.29, 1.82) is 0 Å². The molecule has 0 unspecified atom stereocenters. The van der Waals surface area contributed by atoms with Crippen LogP contribution in [-0.4, -0.2) is 24.5 Å². The summed E-state index contributed by atoms with van der Waals surface area (Å²) < 4.78 is 12.6. The first-order valence-electron chi connectivity index (χ1n) is 12.4. The van der Waals surface area contributed by atoms with Gasteiger partial charge in [0, 0.05) is 4.47 Å². The van der Waals surface area contributed by atoms with Crippen LogP contribution in [0.15, 0.2) is 88.9 Å². The number of carbonyl (C=O) groups is 3. The molecule has 196 valence electrons. The van der Waals surface area contributed by atoms with Crippen molar-refractivity contribution in [2.24, 2.45) is 0 Å². The Bertz CT molecular complexity index is 1640. The Morgan fingerprint density at radius 3 is 2.41 bits per heavy atom. The quantitative estimate of drug-likeness (QED) is 0.196. The number of carbonyl (C=O) groups excluding carboxylic acids is 3. The van der Waals surface area contributed by atoms with Gasteiger partial charge in [0.05, 0.1) is 12.3 Å². The highest BCUT2D eigenvalue weighted by Gasteiger charge is 2.37. The Hall–Kier alpha value is -4.43. The molecule has 8 heteroatoms. The first-order valence-corrected chi connectivity index (χ1v) is 13.2. The molecule has 4 amide bonds. The lowest BCUT2D eigenvalue weighted by atomic mass is 10.0. The van der Waals surface area contributed by atoms with Gasteiger partial charge >= 0.3 is 6.03 Å². The molecule has 7 nitrogen and oxygen atoms in total. The predicted molar refractivity (Wildman–Crippen MR) is 154 cm³/mol. The number of benzene rings is 4. The van der Waals surface area contributed by atoms with Crippen LogP contribution in [0.5, 0.6) is 11.5 Å². The van der Waals surface area contributed by atoms with Crippen LogP contribution >= 0.6 is 15.9 Å². The Labute approximate surface area is 234 Å². The van der Waals surface area contributed by atoms with E-state index < -0.39 is 17.8 Å². The summed E-state index contributed by atoms with van der Waals surface area (Å²) in [6, 6.07) is 23.8. The standard InChI is InChI=1S/C31H25BrN2O5/c1-3-38-27-16-22(15-24-29(35)33-31(37)34(30(24)36)26-14-7-4-9-19(26)2)25(32)17-28(27)39-18-21-12-8-11-20-10-5-6-13-23(20)21/h4-17H,3,18H2,1-2H3,(H,33,35,37)/b24-15+. The van der Waals surface area contributed by atoms with Crippen molar-refractivity contribution < 1.29 is 23.9 Å². The maximum atomic E-state index is 13.4. The number of rotatable bonds is 7. The zero-order valence-electron chi connectivity index (χ0n) is 21.4. The second-order valence-electron chi connectivity index (χ2n) is 8.92. The highest BCUT2D eigenvalue weighted by molar-refractivity contribution is 9.10. The topological polar surface area (TPSA) is 84.9 Å². The fourth-order valence-corrected chi connectivity index (χ4v) is 4.90. The molecule has 1 saturated heterocycles. The number of para-hydroxylation sites is 1. The van der Waals surface area contributed by atoms with E-state index in [4.69, 9.17) is 9.47 Å². The van der Waals surface area contributed by atoms with Gasteiger partial charge in [-0.2, -0.15) is 0 Å². The smallest absolute Gasteiger partial charge is 0.335 e. The highest BCUT2D eigenvalue weighted by Crippen LogP contribution is 2.36. The van der Waals surface area contributed by atoms with Gasteiger partial charge in [0.15, 0.2) is 11.5 Å². The van der Waals surface area contributed by atoms with E-state index in [0.717, 1.165) is 26.8 Å². The molecule has 4 aromatic rings. The van der Waals surface area contributed by atoms with Gasteiger partial charge in [-0.25, -0.2) is 9.69 Å². The molecular formula is C31H25BrN2O5. The lowest BCUT2D eigenvalue weighted by Gasteiger charge is -2.27. The predicted octanol–water partition coefficient (Wildman–Crippen LogP) is 6.55. The Kier molecular flexibility index (Phi) is 7.47. The van der Waals surface area contributed by atoms with Crippen molar-refractivity contribution in [3.63, 3.8) is 0 Å². The number of hydrogen-bond acceptors (Lipinski definition) is 5. The van der Waals surface area contributed by atoms with Gasteiger partial charge in [-0.1, -0.05) is 76.6 Å². The van der Waals surface area contributed by atoms with Gasteiger partial charge in [-0.15, -0.1) is 0 Å². The molecule has 0 aromatic heterocycles. The average molecular weight is 585 g/mol.